The second kappa shape index (κ2) is 9.70. The first-order chi connectivity index (χ1) is 14.3. The van der Waals surface area contributed by atoms with Crippen molar-refractivity contribution >= 4 is 11.4 Å². The van der Waals surface area contributed by atoms with Crippen LogP contribution < -0.4 is 10.6 Å². The number of hydrogen-bond donors (Lipinski definition) is 10. The molecule has 0 saturated carbocycles. The summed E-state index contributed by atoms with van der Waals surface area (Å²) in [5, 5.41) is 84.0. The lowest BCUT2D eigenvalue weighted by Gasteiger charge is -2.41. The molecule has 0 spiro atoms. The molecular formula is C18H28N2O10. The van der Waals surface area contributed by atoms with Crippen molar-refractivity contribution in [3.05, 3.63) is 24.3 Å². The molecule has 1 aromatic carbocycles. The SMILES string of the molecule is OCC1O[C@H](Nc2cccc(N[C@@H]3OC(CO)[C@H](O)C(O)C3O)c2)C(O)C(O)[C@@H]1O. The van der Waals surface area contributed by atoms with Gasteiger partial charge in [0, 0.05) is 11.4 Å². The Labute approximate surface area is 171 Å². The van der Waals surface area contributed by atoms with Gasteiger partial charge in [-0.25, -0.2) is 0 Å². The Morgan fingerprint density at radius 1 is 0.633 bits per heavy atom. The van der Waals surface area contributed by atoms with E-state index in [2.05, 4.69) is 10.6 Å². The first-order valence-electron chi connectivity index (χ1n) is 9.51. The van der Waals surface area contributed by atoms with Crippen LogP contribution in [-0.2, 0) is 9.47 Å². The van der Waals surface area contributed by atoms with E-state index < -0.39 is 74.5 Å². The van der Waals surface area contributed by atoms with Gasteiger partial charge in [0.15, 0.2) is 12.5 Å². The van der Waals surface area contributed by atoms with Gasteiger partial charge in [-0.15, -0.1) is 0 Å². The van der Waals surface area contributed by atoms with E-state index in [1.54, 1.807) is 24.3 Å². The Bertz CT molecular complexity index is 639. The average Bonchev–Trinajstić information content (AvgIpc) is 2.74. The molecule has 3 rings (SSSR count). The van der Waals surface area contributed by atoms with Crippen LogP contribution >= 0.6 is 0 Å². The summed E-state index contributed by atoms with van der Waals surface area (Å²) in [6, 6.07) is 6.43. The van der Waals surface area contributed by atoms with E-state index in [9.17, 15) is 40.9 Å². The second-order valence-corrected chi connectivity index (χ2v) is 7.37. The third kappa shape index (κ3) is 4.68. The number of aliphatic hydroxyl groups excluding tert-OH is 8. The number of nitrogens with one attached hydrogen (secondary N) is 2. The maximum Gasteiger partial charge on any atom is 0.157 e. The molecule has 0 aliphatic carbocycles. The minimum absolute atomic E-state index is 0.425. The Kier molecular flexibility index (Phi) is 7.47. The van der Waals surface area contributed by atoms with Gasteiger partial charge < -0.3 is 61.0 Å². The minimum Gasteiger partial charge on any atom is -0.394 e. The second-order valence-electron chi connectivity index (χ2n) is 7.37. The summed E-state index contributed by atoms with van der Waals surface area (Å²) in [6.07, 6.45) is -13.3. The van der Waals surface area contributed by atoms with Crippen LogP contribution in [0.15, 0.2) is 24.3 Å². The summed E-state index contributed by atoms with van der Waals surface area (Å²) in [5.41, 5.74) is 0.850. The molecule has 2 heterocycles. The minimum atomic E-state index is -1.52. The van der Waals surface area contributed by atoms with Gasteiger partial charge in [0.2, 0.25) is 0 Å². The summed E-state index contributed by atoms with van der Waals surface area (Å²) >= 11 is 0. The largest absolute Gasteiger partial charge is 0.394 e. The third-order valence-electron chi connectivity index (χ3n) is 5.26. The fourth-order valence-electron chi connectivity index (χ4n) is 3.47. The fourth-order valence-corrected chi connectivity index (χ4v) is 3.47. The number of benzene rings is 1. The zero-order chi connectivity index (χ0) is 22.0. The highest BCUT2D eigenvalue weighted by molar-refractivity contribution is 5.57. The van der Waals surface area contributed by atoms with Crippen molar-refractivity contribution in [3.63, 3.8) is 0 Å². The van der Waals surface area contributed by atoms with Crippen LogP contribution in [0.2, 0.25) is 0 Å². The smallest absolute Gasteiger partial charge is 0.157 e. The van der Waals surface area contributed by atoms with Gasteiger partial charge in [-0.3, -0.25) is 0 Å². The first-order valence-corrected chi connectivity index (χ1v) is 9.51. The van der Waals surface area contributed by atoms with Crippen molar-refractivity contribution in [1.29, 1.82) is 0 Å². The van der Waals surface area contributed by atoms with Crippen LogP contribution in [0.4, 0.5) is 11.4 Å². The lowest BCUT2D eigenvalue weighted by Crippen LogP contribution is -2.60. The van der Waals surface area contributed by atoms with Crippen molar-refractivity contribution in [2.45, 2.75) is 61.3 Å². The molecule has 2 aliphatic rings. The molecule has 10 atom stereocenters. The average molecular weight is 432 g/mol. The third-order valence-corrected chi connectivity index (χ3v) is 5.26. The molecule has 0 bridgehead atoms. The Morgan fingerprint density at radius 3 is 1.40 bits per heavy atom. The highest BCUT2D eigenvalue weighted by atomic mass is 16.6. The monoisotopic (exact) mass is 432 g/mol. The Morgan fingerprint density at radius 2 is 1.03 bits per heavy atom. The first kappa shape index (κ1) is 23.1. The van der Waals surface area contributed by atoms with E-state index in [0.29, 0.717) is 11.4 Å². The van der Waals surface area contributed by atoms with Crippen molar-refractivity contribution in [3.8, 4) is 0 Å². The maximum absolute atomic E-state index is 10.1. The fraction of sp³-hybridized carbons (Fsp3) is 0.667. The molecule has 0 radical (unpaired) electrons. The number of aliphatic hydroxyl groups is 8. The molecule has 6 unspecified atom stereocenters. The quantitative estimate of drug-likeness (QED) is 0.210. The van der Waals surface area contributed by atoms with Crippen LogP contribution in [0.3, 0.4) is 0 Å². The molecule has 10 N–H and O–H groups in total. The summed E-state index contributed by atoms with van der Waals surface area (Å²) in [6.45, 7) is -1.11. The predicted molar refractivity (Wildman–Crippen MR) is 101 cm³/mol. The maximum atomic E-state index is 10.1. The van der Waals surface area contributed by atoms with Crippen LogP contribution in [0.1, 0.15) is 0 Å². The zero-order valence-electron chi connectivity index (χ0n) is 15.9. The standard InChI is InChI=1S/C18H28N2O10/c21-5-9-11(23)13(25)15(27)17(29-9)19-7-2-1-3-8(4-7)20-18-16(28)14(26)12(24)10(6-22)30-18/h1-4,9-28H,5-6H2/t9?,10?,11-,12+,13?,14?,15?,16?,17+,18-. The van der Waals surface area contributed by atoms with Crippen molar-refractivity contribution < 1.29 is 50.3 Å². The molecule has 1 aromatic rings. The number of rotatable bonds is 6. The van der Waals surface area contributed by atoms with Crippen molar-refractivity contribution in [1.82, 2.24) is 0 Å². The predicted octanol–water partition coefficient (Wildman–Crippen LogP) is -3.89. The van der Waals surface area contributed by atoms with E-state index in [-0.39, 0.29) is 0 Å². The Hall–Kier alpha value is -1.58. The van der Waals surface area contributed by atoms with E-state index >= 15 is 0 Å². The van der Waals surface area contributed by atoms with Gasteiger partial charge in [-0.1, -0.05) is 6.07 Å². The molecule has 2 aliphatic heterocycles. The van der Waals surface area contributed by atoms with Crippen LogP contribution in [-0.4, -0.2) is 115 Å². The van der Waals surface area contributed by atoms with Gasteiger partial charge in [0.05, 0.1) is 13.2 Å². The number of anilines is 2. The van der Waals surface area contributed by atoms with Crippen LogP contribution in [0.25, 0.3) is 0 Å². The molecule has 0 aromatic heterocycles. The lowest BCUT2D eigenvalue weighted by molar-refractivity contribution is -0.221. The normalized spacial score (nSPS) is 42.0. The Balaban J connectivity index is 1.69. The zero-order valence-corrected chi connectivity index (χ0v) is 15.9. The molecule has 170 valence electrons. The highest BCUT2D eigenvalue weighted by Gasteiger charge is 2.44. The molecule has 0 amide bonds. The highest BCUT2D eigenvalue weighted by Crippen LogP contribution is 2.26. The van der Waals surface area contributed by atoms with Gasteiger partial charge in [-0.2, -0.15) is 0 Å². The number of hydrogen-bond acceptors (Lipinski definition) is 12. The summed E-state index contributed by atoms with van der Waals surface area (Å²) in [5.74, 6) is 0. The molecule has 2 saturated heterocycles. The topological polar surface area (TPSA) is 204 Å². The van der Waals surface area contributed by atoms with E-state index in [1.807, 2.05) is 0 Å². The molecular weight excluding hydrogens is 404 g/mol. The van der Waals surface area contributed by atoms with Crippen LogP contribution in [0, 0.1) is 0 Å². The van der Waals surface area contributed by atoms with Gasteiger partial charge >= 0.3 is 0 Å². The molecule has 12 nitrogen and oxygen atoms in total. The van der Waals surface area contributed by atoms with E-state index in [4.69, 9.17) is 9.47 Å². The van der Waals surface area contributed by atoms with E-state index in [0.717, 1.165) is 0 Å². The molecule has 30 heavy (non-hydrogen) atoms. The summed E-state index contributed by atoms with van der Waals surface area (Å²) in [4.78, 5) is 0. The molecule has 12 heteroatoms. The van der Waals surface area contributed by atoms with E-state index in [1.165, 1.54) is 0 Å². The van der Waals surface area contributed by atoms with Gasteiger partial charge in [0.25, 0.3) is 0 Å². The number of ether oxygens (including phenoxy) is 2. The van der Waals surface area contributed by atoms with Crippen molar-refractivity contribution in [2.24, 2.45) is 0 Å². The summed E-state index contributed by atoms with van der Waals surface area (Å²) < 4.78 is 10.8. The summed E-state index contributed by atoms with van der Waals surface area (Å²) in [7, 11) is 0. The van der Waals surface area contributed by atoms with Gasteiger partial charge in [-0.05, 0) is 18.2 Å². The van der Waals surface area contributed by atoms with Crippen molar-refractivity contribution in [2.75, 3.05) is 23.8 Å². The van der Waals surface area contributed by atoms with Crippen LogP contribution in [0.5, 0.6) is 0 Å². The molecule has 2 fully saturated rings. The lowest BCUT2D eigenvalue weighted by atomic mass is 9.98. The van der Waals surface area contributed by atoms with Gasteiger partial charge in [0.1, 0.15) is 48.8 Å².